The van der Waals surface area contributed by atoms with E-state index >= 15 is 0 Å². The van der Waals surface area contributed by atoms with Crippen LogP contribution in [0.1, 0.15) is 39.2 Å². The summed E-state index contributed by atoms with van der Waals surface area (Å²) in [6, 6.07) is 2.61. The molecule has 0 radical (unpaired) electrons. The highest BCUT2D eigenvalue weighted by molar-refractivity contribution is 5.29. The standard InChI is InChI=1S/C14H21F2NO/c1-9(2)4-5-10(3)17-8-11-6-12(15)14(18)13(16)7-11/h6-7,9-10,17-18H,4-5,8H2,1-3H3. The predicted octanol–water partition coefficient (Wildman–Crippen LogP) is 3.58. The van der Waals surface area contributed by atoms with Gasteiger partial charge in [-0.05, 0) is 43.4 Å². The molecule has 0 bridgehead atoms. The topological polar surface area (TPSA) is 32.3 Å². The van der Waals surface area contributed by atoms with Crippen molar-refractivity contribution in [3.63, 3.8) is 0 Å². The second kappa shape index (κ2) is 6.69. The Bertz CT molecular complexity index is 370. The van der Waals surface area contributed by atoms with E-state index in [1.165, 1.54) is 0 Å². The molecule has 0 saturated carbocycles. The number of hydrogen-bond donors (Lipinski definition) is 2. The van der Waals surface area contributed by atoms with Crippen molar-refractivity contribution in [2.75, 3.05) is 0 Å². The van der Waals surface area contributed by atoms with Gasteiger partial charge in [0.15, 0.2) is 17.4 Å². The molecule has 1 aromatic rings. The van der Waals surface area contributed by atoms with Crippen LogP contribution in [0.3, 0.4) is 0 Å². The summed E-state index contributed by atoms with van der Waals surface area (Å²) in [5.74, 6) is -2.09. The maximum absolute atomic E-state index is 13.1. The van der Waals surface area contributed by atoms with Crippen molar-refractivity contribution < 1.29 is 13.9 Å². The van der Waals surface area contributed by atoms with Crippen LogP contribution in [-0.4, -0.2) is 11.1 Å². The van der Waals surface area contributed by atoms with Crippen LogP contribution in [0.25, 0.3) is 0 Å². The lowest BCUT2D eigenvalue weighted by Crippen LogP contribution is -2.25. The van der Waals surface area contributed by atoms with Crippen molar-refractivity contribution >= 4 is 0 Å². The van der Waals surface area contributed by atoms with E-state index in [9.17, 15) is 8.78 Å². The number of hydrogen-bond acceptors (Lipinski definition) is 2. The highest BCUT2D eigenvalue weighted by Gasteiger charge is 2.10. The third-order valence-corrected chi connectivity index (χ3v) is 2.91. The normalized spacial score (nSPS) is 13.0. The van der Waals surface area contributed by atoms with Crippen LogP contribution in [-0.2, 0) is 6.54 Å². The Morgan fingerprint density at radius 3 is 2.17 bits per heavy atom. The second-order valence-electron chi connectivity index (χ2n) is 5.16. The van der Waals surface area contributed by atoms with Crippen LogP contribution in [0.5, 0.6) is 5.75 Å². The number of rotatable bonds is 6. The summed E-state index contributed by atoms with van der Waals surface area (Å²) in [5, 5.41) is 12.2. The molecule has 1 rings (SSSR count). The first-order chi connectivity index (χ1) is 8.40. The van der Waals surface area contributed by atoms with Crippen molar-refractivity contribution in [1.82, 2.24) is 5.32 Å². The highest BCUT2D eigenvalue weighted by atomic mass is 19.1. The average Bonchev–Trinajstić information content (AvgIpc) is 2.30. The number of halogens is 2. The largest absolute Gasteiger partial charge is 0.503 e. The first-order valence-corrected chi connectivity index (χ1v) is 6.30. The zero-order valence-corrected chi connectivity index (χ0v) is 11.1. The van der Waals surface area contributed by atoms with Crippen molar-refractivity contribution in [2.24, 2.45) is 5.92 Å². The maximum Gasteiger partial charge on any atom is 0.187 e. The molecule has 0 saturated heterocycles. The monoisotopic (exact) mass is 257 g/mol. The number of aromatic hydroxyl groups is 1. The van der Waals surface area contributed by atoms with Gasteiger partial charge in [0, 0.05) is 12.6 Å². The molecule has 0 spiro atoms. The third kappa shape index (κ3) is 4.61. The molecule has 18 heavy (non-hydrogen) atoms. The van der Waals surface area contributed by atoms with Gasteiger partial charge in [-0.2, -0.15) is 0 Å². The SMILES string of the molecule is CC(C)CCC(C)NCc1cc(F)c(O)c(F)c1. The summed E-state index contributed by atoms with van der Waals surface area (Å²) < 4.78 is 26.2. The molecule has 102 valence electrons. The Balaban J connectivity index is 2.48. The van der Waals surface area contributed by atoms with Gasteiger partial charge in [0.05, 0.1) is 0 Å². The minimum absolute atomic E-state index is 0.298. The minimum Gasteiger partial charge on any atom is -0.503 e. The van der Waals surface area contributed by atoms with Crippen molar-refractivity contribution in [1.29, 1.82) is 0 Å². The smallest absolute Gasteiger partial charge is 0.187 e. The Morgan fingerprint density at radius 1 is 1.11 bits per heavy atom. The van der Waals surface area contributed by atoms with Gasteiger partial charge >= 0.3 is 0 Å². The maximum atomic E-state index is 13.1. The summed E-state index contributed by atoms with van der Waals surface area (Å²) in [4.78, 5) is 0. The lowest BCUT2D eigenvalue weighted by Gasteiger charge is -2.15. The van der Waals surface area contributed by atoms with E-state index in [2.05, 4.69) is 26.1 Å². The van der Waals surface area contributed by atoms with Crippen molar-refractivity contribution in [3.05, 3.63) is 29.3 Å². The van der Waals surface area contributed by atoms with Gasteiger partial charge in [-0.25, -0.2) is 8.78 Å². The van der Waals surface area contributed by atoms with E-state index in [0.717, 1.165) is 25.0 Å². The predicted molar refractivity (Wildman–Crippen MR) is 68.4 cm³/mol. The summed E-state index contributed by atoms with van der Waals surface area (Å²) in [6.07, 6.45) is 2.15. The molecule has 4 heteroatoms. The molecule has 1 unspecified atom stereocenters. The van der Waals surface area contributed by atoms with Gasteiger partial charge in [-0.1, -0.05) is 13.8 Å². The zero-order chi connectivity index (χ0) is 13.7. The lowest BCUT2D eigenvalue weighted by molar-refractivity contribution is 0.394. The molecule has 2 N–H and O–H groups in total. The molecule has 2 nitrogen and oxygen atoms in total. The average molecular weight is 257 g/mol. The fraction of sp³-hybridized carbons (Fsp3) is 0.571. The van der Waals surface area contributed by atoms with E-state index in [1.807, 2.05) is 0 Å². The van der Waals surface area contributed by atoms with E-state index in [0.29, 0.717) is 24.1 Å². The van der Waals surface area contributed by atoms with Gasteiger partial charge < -0.3 is 10.4 Å². The van der Waals surface area contributed by atoms with Gasteiger partial charge in [-0.3, -0.25) is 0 Å². The Hall–Kier alpha value is -1.16. The number of phenols is 1. The van der Waals surface area contributed by atoms with Crippen LogP contribution >= 0.6 is 0 Å². The number of nitrogens with one attached hydrogen (secondary N) is 1. The summed E-state index contributed by atoms with van der Waals surface area (Å²) in [6.45, 7) is 6.78. The van der Waals surface area contributed by atoms with Gasteiger partial charge in [0.2, 0.25) is 0 Å². The summed E-state index contributed by atoms with van der Waals surface area (Å²) in [7, 11) is 0. The molecule has 0 aliphatic carbocycles. The quantitative estimate of drug-likeness (QED) is 0.816. The lowest BCUT2D eigenvalue weighted by atomic mass is 10.0. The first-order valence-electron chi connectivity index (χ1n) is 6.30. The molecular formula is C14H21F2NO. The molecule has 1 aromatic carbocycles. The molecule has 0 heterocycles. The van der Waals surface area contributed by atoms with Crippen LogP contribution in [0.4, 0.5) is 8.78 Å². The molecule has 0 aliphatic heterocycles. The Labute approximate surface area is 107 Å². The first kappa shape index (κ1) is 14.9. The van der Waals surface area contributed by atoms with Crippen molar-refractivity contribution in [2.45, 2.75) is 46.2 Å². The number of benzene rings is 1. The third-order valence-electron chi connectivity index (χ3n) is 2.91. The fourth-order valence-corrected chi connectivity index (χ4v) is 1.70. The molecule has 0 aromatic heterocycles. The van der Waals surface area contributed by atoms with Crippen LogP contribution in [0.2, 0.25) is 0 Å². The Morgan fingerprint density at radius 2 is 1.67 bits per heavy atom. The molecule has 1 atom stereocenters. The highest BCUT2D eigenvalue weighted by Crippen LogP contribution is 2.21. The second-order valence-corrected chi connectivity index (χ2v) is 5.16. The van der Waals surface area contributed by atoms with E-state index in [4.69, 9.17) is 5.11 Å². The molecular weight excluding hydrogens is 236 g/mol. The van der Waals surface area contributed by atoms with Gasteiger partial charge in [0.1, 0.15) is 0 Å². The molecule has 0 fully saturated rings. The van der Waals surface area contributed by atoms with Gasteiger partial charge in [-0.15, -0.1) is 0 Å². The fourth-order valence-electron chi connectivity index (χ4n) is 1.70. The minimum atomic E-state index is -0.915. The van der Waals surface area contributed by atoms with E-state index in [1.54, 1.807) is 0 Å². The zero-order valence-electron chi connectivity index (χ0n) is 11.1. The summed E-state index contributed by atoms with van der Waals surface area (Å²) >= 11 is 0. The van der Waals surface area contributed by atoms with E-state index in [-0.39, 0.29) is 0 Å². The van der Waals surface area contributed by atoms with Crippen LogP contribution < -0.4 is 5.32 Å². The van der Waals surface area contributed by atoms with Crippen molar-refractivity contribution in [3.8, 4) is 5.75 Å². The van der Waals surface area contributed by atoms with Crippen LogP contribution in [0, 0.1) is 17.6 Å². The van der Waals surface area contributed by atoms with Crippen LogP contribution in [0.15, 0.2) is 12.1 Å². The Kier molecular flexibility index (Phi) is 5.54. The molecule has 0 amide bonds. The summed E-state index contributed by atoms with van der Waals surface area (Å²) in [5.41, 5.74) is 0.499. The molecule has 0 aliphatic rings. The van der Waals surface area contributed by atoms with E-state index < -0.39 is 17.4 Å². The number of phenolic OH excluding ortho intramolecular Hbond substituents is 1. The van der Waals surface area contributed by atoms with Gasteiger partial charge in [0.25, 0.3) is 0 Å².